The fraction of sp³-hybridized carbons (Fsp3) is 0.643. The molecule has 1 aromatic heterocycles. The number of hydrogen-bond acceptors (Lipinski definition) is 5. The molecule has 0 aliphatic carbocycles. The largest absolute Gasteiger partial charge is 0.444 e. The summed E-state index contributed by atoms with van der Waals surface area (Å²) in [5, 5.41) is 3.12. The average molecular weight is 392 g/mol. The third kappa shape index (κ3) is 4.98. The van der Waals surface area contributed by atoms with Crippen LogP contribution in [0.3, 0.4) is 0 Å². The summed E-state index contributed by atoms with van der Waals surface area (Å²) in [5.74, 6) is 0.746. The normalized spacial score (nSPS) is 19.0. The SMILES string of the molecule is CC(C)(C)OC(=O)NC1CCCN(c2nc(Cl)ncc2Br)C1. The van der Waals surface area contributed by atoms with Gasteiger partial charge in [0, 0.05) is 25.3 Å². The maximum Gasteiger partial charge on any atom is 0.407 e. The molecule has 6 nitrogen and oxygen atoms in total. The van der Waals surface area contributed by atoms with Gasteiger partial charge in [-0.3, -0.25) is 0 Å². The zero-order valence-electron chi connectivity index (χ0n) is 12.9. The summed E-state index contributed by atoms with van der Waals surface area (Å²) < 4.78 is 6.09. The molecule has 2 heterocycles. The van der Waals surface area contributed by atoms with Crippen molar-refractivity contribution in [1.29, 1.82) is 0 Å². The first-order chi connectivity index (χ1) is 10.2. The summed E-state index contributed by atoms with van der Waals surface area (Å²) >= 11 is 9.31. The molecule has 0 radical (unpaired) electrons. The lowest BCUT2D eigenvalue weighted by Crippen LogP contribution is -2.49. The second-order valence-corrected chi connectivity index (χ2v) is 7.43. The summed E-state index contributed by atoms with van der Waals surface area (Å²) in [7, 11) is 0. The fourth-order valence-corrected chi connectivity index (χ4v) is 2.89. The minimum atomic E-state index is -0.498. The Kier molecular flexibility index (Phi) is 5.50. The monoisotopic (exact) mass is 390 g/mol. The van der Waals surface area contributed by atoms with Gasteiger partial charge in [0.25, 0.3) is 0 Å². The first-order valence-electron chi connectivity index (χ1n) is 7.17. The lowest BCUT2D eigenvalue weighted by molar-refractivity contribution is 0.0500. The maximum absolute atomic E-state index is 11.9. The van der Waals surface area contributed by atoms with Crippen molar-refractivity contribution >= 4 is 39.4 Å². The molecule has 2 rings (SSSR count). The van der Waals surface area contributed by atoms with E-state index in [9.17, 15) is 4.79 Å². The molecule has 0 spiro atoms. The van der Waals surface area contributed by atoms with Crippen LogP contribution >= 0.6 is 27.5 Å². The first kappa shape index (κ1) is 17.3. The van der Waals surface area contributed by atoms with E-state index in [-0.39, 0.29) is 17.4 Å². The molecule has 0 aromatic carbocycles. The summed E-state index contributed by atoms with van der Waals surface area (Å²) in [6.45, 7) is 7.06. The predicted molar refractivity (Wildman–Crippen MR) is 89.3 cm³/mol. The Balaban J connectivity index is 2.00. The predicted octanol–water partition coefficient (Wildman–Crippen LogP) is 3.39. The van der Waals surface area contributed by atoms with Gasteiger partial charge in [-0.05, 0) is 61.1 Å². The second-order valence-electron chi connectivity index (χ2n) is 6.24. The van der Waals surface area contributed by atoms with Crippen molar-refractivity contribution in [3.8, 4) is 0 Å². The van der Waals surface area contributed by atoms with Gasteiger partial charge in [0.15, 0.2) is 0 Å². The number of carbonyl (C=O) groups excluding carboxylic acids is 1. The second kappa shape index (κ2) is 7.00. The minimum Gasteiger partial charge on any atom is -0.444 e. The molecule has 0 bridgehead atoms. The van der Waals surface area contributed by atoms with E-state index in [0.29, 0.717) is 6.54 Å². The molecule has 1 aliphatic heterocycles. The van der Waals surface area contributed by atoms with Crippen molar-refractivity contribution < 1.29 is 9.53 Å². The van der Waals surface area contributed by atoms with E-state index in [2.05, 4.69) is 36.1 Å². The Bertz CT molecular complexity index is 550. The van der Waals surface area contributed by atoms with Crippen LogP contribution in [0.5, 0.6) is 0 Å². The number of piperidine rings is 1. The number of alkyl carbamates (subject to hydrolysis) is 1. The molecule has 1 fully saturated rings. The van der Waals surface area contributed by atoms with Gasteiger partial charge in [-0.1, -0.05) is 0 Å². The van der Waals surface area contributed by atoms with Gasteiger partial charge >= 0.3 is 6.09 Å². The van der Waals surface area contributed by atoms with E-state index in [0.717, 1.165) is 29.7 Å². The summed E-state index contributed by atoms with van der Waals surface area (Å²) in [6, 6.07) is 0.0178. The van der Waals surface area contributed by atoms with Gasteiger partial charge in [0.1, 0.15) is 11.4 Å². The number of nitrogens with one attached hydrogen (secondary N) is 1. The number of ether oxygens (including phenoxy) is 1. The molecule has 1 unspecified atom stereocenters. The van der Waals surface area contributed by atoms with Crippen molar-refractivity contribution in [1.82, 2.24) is 15.3 Å². The lowest BCUT2D eigenvalue weighted by Gasteiger charge is -2.34. The van der Waals surface area contributed by atoms with Gasteiger partial charge < -0.3 is 15.0 Å². The molecule has 0 saturated carbocycles. The highest BCUT2D eigenvalue weighted by Gasteiger charge is 2.26. The molecular weight excluding hydrogens is 372 g/mol. The van der Waals surface area contributed by atoms with E-state index in [1.807, 2.05) is 20.8 Å². The van der Waals surface area contributed by atoms with E-state index in [4.69, 9.17) is 16.3 Å². The van der Waals surface area contributed by atoms with Gasteiger partial charge in [0.2, 0.25) is 5.28 Å². The number of anilines is 1. The number of carbonyl (C=O) groups is 1. The van der Waals surface area contributed by atoms with E-state index in [1.54, 1.807) is 6.20 Å². The maximum atomic E-state index is 11.9. The molecule has 1 atom stereocenters. The van der Waals surface area contributed by atoms with E-state index in [1.165, 1.54) is 0 Å². The molecule has 22 heavy (non-hydrogen) atoms. The molecule has 1 N–H and O–H groups in total. The Morgan fingerprint density at radius 2 is 2.27 bits per heavy atom. The number of amides is 1. The molecule has 1 aliphatic rings. The van der Waals surface area contributed by atoms with Gasteiger partial charge in [-0.2, -0.15) is 4.98 Å². The number of halogens is 2. The topological polar surface area (TPSA) is 67.3 Å². The van der Waals surface area contributed by atoms with Crippen LogP contribution in [-0.4, -0.2) is 40.8 Å². The van der Waals surface area contributed by atoms with Crippen LogP contribution in [0.4, 0.5) is 10.6 Å². The Labute approximate surface area is 143 Å². The third-order valence-electron chi connectivity index (χ3n) is 3.14. The molecule has 1 aromatic rings. The van der Waals surface area contributed by atoms with Crippen LogP contribution in [0.1, 0.15) is 33.6 Å². The van der Waals surface area contributed by atoms with Crippen molar-refractivity contribution in [3.05, 3.63) is 16.0 Å². The molecule has 1 amide bonds. The summed E-state index contributed by atoms with van der Waals surface area (Å²) in [5.41, 5.74) is -0.498. The zero-order chi connectivity index (χ0) is 16.3. The third-order valence-corrected chi connectivity index (χ3v) is 3.88. The van der Waals surface area contributed by atoms with Gasteiger partial charge in [0.05, 0.1) is 4.47 Å². The van der Waals surface area contributed by atoms with Crippen LogP contribution in [0.15, 0.2) is 10.7 Å². The molecule has 122 valence electrons. The number of nitrogens with zero attached hydrogens (tertiary/aromatic N) is 3. The Hall–Kier alpha value is -1.08. The zero-order valence-corrected chi connectivity index (χ0v) is 15.2. The number of hydrogen-bond donors (Lipinski definition) is 1. The highest BCUT2D eigenvalue weighted by molar-refractivity contribution is 9.10. The van der Waals surface area contributed by atoms with Crippen molar-refractivity contribution in [3.63, 3.8) is 0 Å². The Morgan fingerprint density at radius 3 is 2.95 bits per heavy atom. The van der Waals surface area contributed by atoms with Crippen LogP contribution in [0, 0.1) is 0 Å². The van der Waals surface area contributed by atoms with Gasteiger partial charge in [-0.25, -0.2) is 9.78 Å². The van der Waals surface area contributed by atoms with Crippen molar-refractivity contribution in [2.24, 2.45) is 0 Å². The minimum absolute atomic E-state index is 0.0178. The van der Waals surface area contributed by atoms with E-state index < -0.39 is 5.60 Å². The summed E-state index contributed by atoms with van der Waals surface area (Å²) in [6.07, 6.45) is 3.11. The number of rotatable bonds is 2. The molecular formula is C14H20BrClN4O2. The summed E-state index contributed by atoms with van der Waals surface area (Å²) in [4.78, 5) is 22.2. The van der Waals surface area contributed by atoms with Crippen molar-refractivity contribution in [2.75, 3.05) is 18.0 Å². The highest BCUT2D eigenvalue weighted by atomic mass is 79.9. The quantitative estimate of drug-likeness (QED) is 0.783. The highest BCUT2D eigenvalue weighted by Crippen LogP contribution is 2.27. The first-order valence-corrected chi connectivity index (χ1v) is 8.34. The molecule has 1 saturated heterocycles. The van der Waals surface area contributed by atoms with Gasteiger partial charge in [-0.15, -0.1) is 0 Å². The smallest absolute Gasteiger partial charge is 0.407 e. The van der Waals surface area contributed by atoms with Crippen molar-refractivity contribution in [2.45, 2.75) is 45.3 Å². The average Bonchev–Trinajstić information content (AvgIpc) is 2.39. The van der Waals surface area contributed by atoms with Crippen LogP contribution in [-0.2, 0) is 4.74 Å². The number of aromatic nitrogens is 2. The van der Waals surface area contributed by atoms with Crippen LogP contribution in [0.2, 0.25) is 5.28 Å². The Morgan fingerprint density at radius 1 is 1.55 bits per heavy atom. The standard InChI is InChI=1S/C14H20BrClN4O2/c1-14(2,3)22-13(21)18-9-5-4-6-20(8-9)11-10(15)7-17-12(16)19-11/h7,9H,4-6,8H2,1-3H3,(H,18,21). The lowest BCUT2D eigenvalue weighted by atomic mass is 10.1. The van der Waals surface area contributed by atoms with E-state index >= 15 is 0 Å². The van der Waals surface area contributed by atoms with Crippen LogP contribution in [0.25, 0.3) is 0 Å². The van der Waals surface area contributed by atoms with Crippen LogP contribution < -0.4 is 10.2 Å². The fourth-order valence-electron chi connectivity index (χ4n) is 2.32. The molecule has 8 heteroatoms.